The molecular formula is C25H25N5O3. The minimum absolute atomic E-state index is 0.0893. The highest BCUT2D eigenvalue weighted by Gasteiger charge is 2.17. The van der Waals surface area contributed by atoms with Crippen LogP contribution >= 0.6 is 0 Å². The lowest BCUT2D eigenvalue weighted by molar-refractivity contribution is 0.0949. The molecule has 0 atom stereocenters. The number of hydrogen-bond donors (Lipinski definition) is 2. The van der Waals surface area contributed by atoms with Crippen LogP contribution in [0.15, 0.2) is 58.0 Å². The molecule has 0 bridgehead atoms. The van der Waals surface area contributed by atoms with Gasteiger partial charge in [0.15, 0.2) is 5.76 Å². The Bertz CT molecular complexity index is 1350. The monoisotopic (exact) mass is 443 g/mol. The number of benzene rings is 1. The van der Waals surface area contributed by atoms with Gasteiger partial charge in [0.1, 0.15) is 11.4 Å². The normalized spacial score (nSPS) is 11.1. The molecule has 0 radical (unpaired) electrons. The number of carbonyl (C=O) groups excluding carboxylic acids is 1. The third-order valence-electron chi connectivity index (χ3n) is 5.20. The molecule has 0 saturated carbocycles. The predicted molar refractivity (Wildman–Crippen MR) is 125 cm³/mol. The van der Waals surface area contributed by atoms with Crippen molar-refractivity contribution in [2.45, 2.75) is 40.2 Å². The lowest BCUT2D eigenvalue weighted by Gasteiger charge is -2.11. The maximum atomic E-state index is 12.4. The molecule has 2 N–H and O–H groups in total. The fraction of sp³-hybridized carbons (Fsp3) is 0.240. The Hall–Kier alpha value is -4.07. The van der Waals surface area contributed by atoms with Crippen molar-refractivity contribution in [3.8, 4) is 22.6 Å². The van der Waals surface area contributed by atoms with Gasteiger partial charge >= 0.3 is 0 Å². The number of aryl methyl sites for hydroxylation is 2. The smallest absolute Gasteiger partial charge is 0.260 e. The summed E-state index contributed by atoms with van der Waals surface area (Å²) in [7, 11) is 0. The highest BCUT2D eigenvalue weighted by atomic mass is 16.5. The Morgan fingerprint density at radius 2 is 1.88 bits per heavy atom. The Labute approximate surface area is 191 Å². The average Bonchev–Trinajstić information content (AvgIpc) is 3.23. The Morgan fingerprint density at radius 3 is 2.52 bits per heavy atom. The summed E-state index contributed by atoms with van der Waals surface area (Å²) in [6.07, 6.45) is 1.77. The van der Waals surface area contributed by atoms with Crippen LogP contribution in [0.3, 0.4) is 0 Å². The predicted octanol–water partition coefficient (Wildman–Crippen LogP) is 4.16. The summed E-state index contributed by atoms with van der Waals surface area (Å²) in [4.78, 5) is 36.3. The molecule has 1 amide bonds. The van der Waals surface area contributed by atoms with Crippen LogP contribution in [0.5, 0.6) is 0 Å². The van der Waals surface area contributed by atoms with Gasteiger partial charge in [0, 0.05) is 36.0 Å². The number of aromatic amines is 1. The fourth-order valence-electron chi connectivity index (χ4n) is 3.37. The van der Waals surface area contributed by atoms with E-state index in [9.17, 15) is 9.59 Å². The van der Waals surface area contributed by atoms with Crippen molar-refractivity contribution in [2.75, 3.05) is 0 Å². The molecule has 168 valence electrons. The number of pyridine rings is 1. The number of rotatable bonds is 6. The zero-order valence-electron chi connectivity index (χ0n) is 19.0. The zero-order chi connectivity index (χ0) is 23.5. The van der Waals surface area contributed by atoms with Crippen molar-refractivity contribution in [3.05, 3.63) is 87.4 Å². The van der Waals surface area contributed by atoms with Gasteiger partial charge < -0.3 is 14.8 Å². The van der Waals surface area contributed by atoms with Crippen LogP contribution in [0.2, 0.25) is 0 Å². The van der Waals surface area contributed by atoms with Crippen LogP contribution in [-0.2, 0) is 6.54 Å². The van der Waals surface area contributed by atoms with Crippen LogP contribution < -0.4 is 10.9 Å². The van der Waals surface area contributed by atoms with E-state index in [0.29, 0.717) is 18.0 Å². The molecule has 8 nitrogen and oxygen atoms in total. The minimum atomic E-state index is -0.416. The number of aromatic nitrogens is 4. The third-order valence-corrected chi connectivity index (χ3v) is 5.20. The summed E-state index contributed by atoms with van der Waals surface area (Å²) >= 11 is 0. The number of nitrogens with one attached hydrogen (secondary N) is 2. The lowest BCUT2D eigenvalue weighted by Crippen LogP contribution is -2.29. The molecule has 4 aromatic rings. The largest absolute Gasteiger partial charge is 0.356 e. The van der Waals surface area contributed by atoms with Gasteiger partial charge in [0.05, 0.1) is 17.0 Å². The van der Waals surface area contributed by atoms with Gasteiger partial charge in [0.2, 0.25) is 0 Å². The first-order valence-corrected chi connectivity index (χ1v) is 10.7. The first-order chi connectivity index (χ1) is 15.8. The van der Waals surface area contributed by atoms with Gasteiger partial charge in [-0.05, 0) is 31.5 Å². The third kappa shape index (κ3) is 4.90. The SMILES string of the molecule is Cc1cc(-c2cnc(C(C)C)nc2-c2ccc(CNC(=O)c3ccc(C)[nH]c3=O)cc2)on1. The molecule has 0 spiro atoms. The zero-order valence-corrected chi connectivity index (χ0v) is 19.0. The summed E-state index contributed by atoms with van der Waals surface area (Å²) in [5, 5.41) is 6.77. The van der Waals surface area contributed by atoms with Crippen molar-refractivity contribution >= 4 is 5.91 Å². The van der Waals surface area contributed by atoms with E-state index in [0.717, 1.165) is 33.9 Å². The van der Waals surface area contributed by atoms with Crippen LogP contribution in [0, 0.1) is 13.8 Å². The lowest BCUT2D eigenvalue weighted by atomic mass is 10.0. The second-order valence-electron chi connectivity index (χ2n) is 8.24. The molecule has 8 heteroatoms. The topological polar surface area (TPSA) is 114 Å². The van der Waals surface area contributed by atoms with E-state index in [4.69, 9.17) is 9.51 Å². The van der Waals surface area contributed by atoms with Crippen molar-refractivity contribution in [1.82, 2.24) is 25.4 Å². The molecule has 33 heavy (non-hydrogen) atoms. The first-order valence-electron chi connectivity index (χ1n) is 10.7. The van der Waals surface area contributed by atoms with E-state index < -0.39 is 11.5 Å². The molecule has 0 aliphatic heterocycles. The van der Waals surface area contributed by atoms with Crippen molar-refractivity contribution < 1.29 is 9.32 Å². The van der Waals surface area contributed by atoms with Crippen molar-refractivity contribution in [1.29, 1.82) is 0 Å². The molecule has 3 aromatic heterocycles. The highest BCUT2D eigenvalue weighted by molar-refractivity contribution is 5.93. The van der Waals surface area contributed by atoms with Crippen molar-refractivity contribution in [3.63, 3.8) is 0 Å². The van der Waals surface area contributed by atoms with Crippen LogP contribution in [0.4, 0.5) is 0 Å². The highest BCUT2D eigenvalue weighted by Crippen LogP contribution is 2.31. The molecule has 0 saturated heterocycles. The van der Waals surface area contributed by atoms with Gasteiger partial charge in [0.25, 0.3) is 11.5 Å². The summed E-state index contributed by atoms with van der Waals surface area (Å²) in [5.41, 5.74) is 4.49. The van der Waals surface area contributed by atoms with Gasteiger partial charge in [-0.25, -0.2) is 9.97 Å². The average molecular weight is 444 g/mol. The molecule has 4 rings (SSSR count). The second-order valence-corrected chi connectivity index (χ2v) is 8.24. The van der Waals surface area contributed by atoms with Crippen molar-refractivity contribution in [2.24, 2.45) is 0 Å². The molecule has 0 fully saturated rings. The molecule has 0 aliphatic rings. The summed E-state index contributed by atoms with van der Waals surface area (Å²) in [5.74, 6) is 1.11. The molecular weight excluding hydrogens is 418 g/mol. The summed E-state index contributed by atoms with van der Waals surface area (Å²) in [6, 6.07) is 12.8. The fourth-order valence-corrected chi connectivity index (χ4v) is 3.37. The minimum Gasteiger partial charge on any atom is -0.356 e. The summed E-state index contributed by atoms with van der Waals surface area (Å²) in [6.45, 7) is 8.01. The van der Waals surface area contributed by atoms with E-state index in [1.54, 1.807) is 19.2 Å². The molecule has 3 heterocycles. The quantitative estimate of drug-likeness (QED) is 0.463. The van der Waals surface area contributed by atoms with Gasteiger partial charge in [-0.15, -0.1) is 0 Å². The standard InChI is InChI=1S/C25H25N5O3/c1-14(2)23-26-13-20(21-11-16(4)30-33-21)22(29-23)18-8-6-17(7-9-18)12-27-24(31)19-10-5-15(3)28-25(19)32/h5-11,13-14H,12H2,1-4H3,(H,27,31)(H,28,32). The van der Waals surface area contributed by atoms with E-state index in [-0.39, 0.29) is 11.5 Å². The maximum absolute atomic E-state index is 12.4. The summed E-state index contributed by atoms with van der Waals surface area (Å²) < 4.78 is 5.45. The number of amides is 1. The number of hydrogen-bond acceptors (Lipinski definition) is 6. The molecule has 0 unspecified atom stereocenters. The van der Waals surface area contributed by atoms with E-state index >= 15 is 0 Å². The first kappa shape index (κ1) is 22.1. The number of nitrogens with zero attached hydrogens (tertiary/aromatic N) is 3. The van der Waals surface area contributed by atoms with Gasteiger partial charge in [-0.1, -0.05) is 43.3 Å². The number of carbonyl (C=O) groups is 1. The van der Waals surface area contributed by atoms with E-state index in [1.165, 1.54) is 6.07 Å². The number of H-pyrrole nitrogens is 1. The van der Waals surface area contributed by atoms with Crippen LogP contribution in [0.1, 0.15) is 52.9 Å². The molecule has 1 aromatic carbocycles. The van der Waals surface area contributed by atoms with E-state index in [2.05, 4.69) is 20.4 Å². The van der Waals surface area contributed by atoms with Gasteiger partial charge in [-0.3, -0.25) is 9.59 Å². The van der Waals surface area contributed by atoms with Crippen LogP contribution in [-0.4, -0.2) is 26.0 Å². The van der Waals surface area contributed by atoms with Gasteiger partial charge in [-0.2, -0.15) is 0 Å². The molecule has 0 aliphatic carbocycles. The maximum Gasteiger partial charge on any atom is 0.260 e. The Balaban J connectivity index is 1.57. The second kappa shape index (κ2) is 9.20. The Morgan fingerprint density at radius 1 is 1.12 bits per heavy atom. The Kier molecular flexibility index (Phi) is 6.17. The van der Waals surface area contributed by atoms with Crippen LogP contribution in [0.25, 0.3) is 22.6 Å². The van der Waals surface area contributed by atoms with E-state index in [1.807, 2.05) is 51.1 Å².